The lowest BCUT2D eigenvalue weighted by atomic mass is 9.94. The molecule has 0 aromatic rings. The van der Waals surface area contributed by atoms with E-state index in [1.165, 1.54) is 0 Å². The average molecular weight is 326 g/mol. The predicted molar refractivity (Wildman–Crippen MR) is 91.1 cm³/mol. The van der Waals surface area contributed by atoms with E-state index in [4.69, 9.17) is 9.47 Å². The monoisotopic (exact) mass is 326 g/mol. The van der Waals surface area contributed by atoms with Gasteiger partial charge in [-0.3, -0.25) is 9.59 Å². The van der Waals surface area contributed by atoms with Gasteiger partial charge in [0, 0.05) is 6.42 Å². The maximum atomic E-state index is 12.2. The zero-order valence-electron chi connectivity index (χ0n) is 15.1. The van der Waals surface area contributed by atoms with Crippen molar-refractivity contribution in [1.82, 2.24) is 0 Å². The lowest BCUT2D eigenvalue weighted by molar-refractivity contribution is -0.161. The van der Waals surface area contributed by atoms with Crippen LogP contribution in [-0.4, -0.2) is 24.1 Å². The van der Waals surface area contributed by atoms with Crippen molar-refractivity contribution in [2.45, 2.75) is 104 Å². The maximum Gasteiger partial charge on any atom is 0.309 e. The Balaban J connectivity index is 2.27. The third kappa shape index (κ3) is 7.85. The Labute approximate surface area is 141 Å². The van der Waals surface area contributed by atoms with E-state index in [1.54, 1.807) is 0 Å². The molecule has 134 valence electrons. The summed E-state index contributed by atoms with van der Waals surface area (Å²) in [7, 11) is 0. The molecule has 0 radical (unpaired) electrons. The second kappa shape index (κ2) is 11.5. The number of ether oxygens (including phenoxy) is 2. The summed E-state index contributed by atoms with van der Waals surface area (Å²) in [4.78, 5) is 23.9. The molecule has 4 heteroatoms. The first-order chi connectivity index (χ1) is 11.1. The lowest BCUT2D eigenvalue weighted by Gasteiger charge is -2.29. The van der Waals surface area contributed by atoms with Crippen LogP contribution in [0.15, 0.2) is 0 Å². The summed E-state index contributed by atoms with van der Waals surface area (Å²) in [6.45, 7) is 6.26. The summed E-state index contributed by atoms with van der Waals surface area (Å²) >= 11 is 0. The molecule has 0 saturated heterocycles. The van der Waals surface area contributed by atoms with Crippen LogP contribution in [0.2, 0.25) is 0 Å². The predicted octanol–water partition coefficient (Wildman–Crippen LogP) is 4.79. The number of carbonyl (C=O) groups excluding carboxylic acids is 2. The maximum absolute atomic E-state index is 12.2. The van der Waals surface area contributed by atoms with Gasteiger partial charge in [-0.15, -0.1) is 0 Å². The van der Waals surface area contributed by atoms with E-state index < -0.39 is 0 Å². The number of rotatable bonds is 10. The summed E-state index contributed by atoms with van der Waals surface area (Å²) < 4.78 is 11.2. The molecule has 1 aliphatic carbocycles. The second-order valence-electron chi connectivity index (χ2n) is 6.68. The Hall–Kier alpha value is -1.06. The quantitative estimate of drug-likeness (QED) is 0.542. The molecule has 0 bridgehead atoms. The topological polar surface area (TPSA) is 52.6 Å². The van der Waals surface area contributed by atoms with Crippen LogP contribution in [-0.2, 0) is 19.1 Å². The van der Waals surface area contributed by atoms with Gasteiger partial charge in [0.2, 0.25) is 0 Å². The Morgan fingerprint density at radius 3 is 2.00 bits per heavy atom. The highest BCUT2D eigenvalue weighted by Crippen LogP contribution is 2.26. The van der Waals surface area contributed by atoms with Crippen LogP contribution >= 0.6 is 0 Å². The van der Waals surface area contributed by atoms with Crippen molar-refractivity contribution >= 4 is 11.9 Å². The van der Waals surface area contributed by atoms with E-state index >= 15 is 0 Å². The number of unbranched alkanes of at least 4 members (excludes halogenated alkanes) is 2. The summed E-state index contributed by atoms with van der Waals surface area (Å²) in [5.74, 6) is -0.0817. The largest absolute Gasteiger partial charge is 0.462 e. The Morgan fingerprint density at radius 1 is 0.913 bits per heavy atom. The molecular formula is C19H34O4. The first-order valence-electron chi connectivity index (χ1n) is 9.50. The lowest BCUT2D eigenvalue weighted by Crippen LogP contribution is -2.31. The highest BCUT2D eigenvalue weighted by atomic mass is 16.6. The molecule has 0 N–H and O–H groups in total. The SMILES string of the molecule is CCCCC(=O)OC1CCC(OC(=O)C(CC)CCCC)CC1. The van der Waals surface area contributed by atoms with E-state index in [0.29, 0.717) is 6.42 Å². The van der Waals surface area contributed by atoms with Crippen LogP contribution in [0.4, 0.5) is 0 Å². The van der Waals surface area contributed by atoms with Gasteiger partial charge in [0.1, 0.15) is 12.2 Å². The molecule has 1 atom stereocenters. The summed E-state index contributed by atoms with van der Waals surface area (Å²) in [6.07, 6.45) is 9.62. The first kappa shape index (κ1) is 20.0. The molecule has 23 heavy (non-hydrogen) atoms. The van der Waals surface area contributed by atoms with Crippen molar-refractivity contribution in [1.29, 1.82) is 0 Å². The molecule has 4 nitrogen and oxygen atoms in total. The fraction of sp³-hybridized carbons (Fsp3) is 0.895. The highest BCUT2D eigenvalue weighted by Gasteiger charge is 2.28. The third-order valence-electron chi connectivity index (χ3n) is 4.67. The number of esters is 2. The fourth-order valence-corrected chi connectivity index (χ4v) is 3.03. The molecule has 1 fully saturated rings. The molecule has 1 saturated carbocycles. The van der Waals surface area contributed by atoms with Crippen LogP contribution < -0.4 is 0 Å². The van der Waals surface area contributed by atoms with E-state index in [-0.39, 0.29) is 30.1 Å². The van der Waals surface area contributed by atoms with Gasteiger partial charge in [0.05, 0.1) is 5.92 Å². The standard InChI is InChI=1S/C19H34O4/c1-4-7-9-15(6-3)19(21)23-17-13-11-16(12-14-17)22-18(20)10-8-5-2/h15-17H,4-14H2,1-3H3. The van der Waals surface area contributed by atoms with Crippen molar-refractivity contribution in [2.75, 3.05) is 0 Å². The Bertz CT molecular complexity index is 345. The summed E-state index contributed by atoms with van der Waals surface area (Å²) in [5.41, 5.74) is 0. The first-order valence-corrected chi connectivity index (χ1v) is 9.50. The minimum Gasteiger partial charge on any atom is -0.462 e. The minimum atomic E-state index is -0.0853. The smallest absolute Gasteiger partial charge is 0.309 e. The molecule has 0 heterocycles. The van der Waals surface area contributed by atoms with Gasteiger partial charge in [-0.05, 0) is 44.9 Å². The molecule has 0 aliphatic heterocycles. The van der Waals surface area contributed by atoms with Crippen molar-refractivity contribution in [3.05, 3.63) is 0 Å². The molecule has 0 amide bonds. The number of carbonyl (C=O) groups is 2. The molecule has 1 unspecified atom stereocenters. The number of hydrogen-bond donors (Lipinski definition) is 0. The van der Waals surface area contributed by atoms with Crippen molar-refractivity contribution < 1.29 is 19.1 Å². The van der Waals surface area contributed by atoms with Crippen LogP contribution in [0.3, 0.4) is 0 Å². The molecule has 0 aromatic heterocycles. The van der Waals surface area contributed by atoms with Crippen molar-refractivity contribution in [3.63, 3.8) is 0 Å². The van der Waals surface area contributed by atoms with Crippen LogP contribution in [0.25, 0.3) is 0 Å². The van der Waals surface area contributed by atoms with Crippen molar-refractivity contribution in [3.8, 4) is 0 Å². The highest BCUT2D eigenvalue weighted by molar-refractivity contribution is 5.72. The fourth-order valence-electron chi connectivity index (χ4n) is 3.03. The minimum absolute atomic E-state index is 0.00349. The van der Waals surface area contributed by atoms with Crippen LogP contribution in [0.1, 0.15) is 91.4 Å². The van der Waals surface area contributed by atoms with Crippen LogP contribution in [0, 0.1) is 5.92 Å². The van der Waals surface area contributed by atoms with Gasteiger partial charge in [0.25, 0.3) is 0 Å². The third-order valence-corrected chi connectivity index (χ3v) is 4.67. The number of hydrogen-bond acceptors (Lipinski definition) is 4. The molecule has 1 aliphatic rings. The molecular weight excluding hydrogens is 292 g/mol. The van der Waals surface area contributed by atoms with E-state index in [2.05, 4.69) is 13.8 Å². The molecule has 0 aromatic carbocycles. The van der Waals surface area contributed by atoms with Gasteiger partial charge in [-0.2, -0.15) is 0 Å². The van der Waals surface area contributed by atoms with Crippen LogP contribution in [0.5, 0.6) is 0 Å². The van der Waals surface area contributed by atoms with Gasteiger partial charge in [0.15, 0.2) is 0 Å². The van der Waals surface area contributed by atoms with Gasteiger partial charge in [-0.1, -0.05) is 40.0 Å². The Kier molecular flexibility index (Phi) is 9.97. The van der Waals surface area contributed by atoms with E-state index in [0.717, 1.165) is 64.2 Å². The average Bonchev–Trinajstić information content (AvgIpc) is 2.55. The van der Waals surface area contributed by atoms with E-state index in [1.807, 2.05) is 6.92 Å². The van der Waals surface area contributed by atoms with Gasteiger partial charge >= 0.3 is 11.9 Å². The van der Waals surface area contributed by atoms with Crippen molar-refractivity contribution in [2.24, 2.45) is 5.92 Å². The molecule has 0 spiro atoms. The normalized spacial score (nSPS) is 22.4. The summed E-state index contributed by atoms with van der Waals surface area (Å²) in [5, 5.41) is 0. The zero-order valence-corrected chi connectivity index (χ0v) is 15.1. The molecule has 1 rings (SSSR count). The van der Waals surface area contributed by atoms with Gasteiger partial charge in [-0.25, -0.2) is 0 Å². The second-order valence-corrected chi connectivity index (χ2v) is 6.68. The van der Waals surface area contributed by atoms with Gasteiger partial charge < -0.3 is 9.47 Å². The van der Waals surface area contributed by atoms with E-state index in [9.17, 15) is 9.59 Å². The summed E-state index contributed by atoms with van der Waals surface area (Å²) in [6, 6.07) is 0. The Morgan fingerprint density at radius 2 is 1.48 bits per heavy atom. The zero-order chi connectivity index (χ0) is 17.1.